The first-order valence-electron chi connectivity index (χ1n) is 16.8. The molecule has 3 saturated carbocycles. The molecule has 1 aromatic rings. The number of ether oxygens (including phenoxy) is 3. The molecule has 3 aliphatic carbocycles. The molecule has 1 heterocycles. The number of rotatable bonds is 7. The SMILES string of the molecule is C=C[C@@]1(C)CC(OC(=O)NC(=O)C2CCN(C(=O)OCc3ccccc3)C2)C2(C)C(C)CCC3(CCC(=O)C32)C(C)[C@H]1OC(=O)C(Cl)Cl. The zero-order valence-electron chi connectivity index (χ0n) is 28.0. The number of alkyl carbamates (subject to hydrolysis) is 1. The van der Waals surface area contributed by atoms with Gasteiger partial charge < -0.3 is 19.1 Å². The van der Waals surface area contributed by atoms with Gasteiger partial charge in [-0.25, -0.2) is 14.4 Å². The van der Waals surface area contributed by atoms with E-state index in [-0.39, 0.29) is 37.2 Å². The molecule has 262 valence electrons. The second kappa shape index (κ2) is 14.0. The molecule has 1 aliphatic heterocycles. The number of carbonyl (C=O) groups is 5. The van der Waals surface area contributed by atoms with Crippen LogP contribution in [0.3, 0.4) is 0 Å². The van der Waals surface area contributed by atoms with Crippen LogP contribution < -0.4 is 5.32 Å². The number of Topliss-reactive ketones (excluding diaryl/α,β-unsaturated/α-hetero) is 1. The summed E-state index contributed by atoms with van der Waals surface area (Å²) in [5.74, 6) is -2.57. The average molecular weight is 706 g/mol. The minimum absolute atomic E-state index is 0.00638. The van der Waals surface area contributed by atoms with Crippen LogP contribution in [0.2, 0.25) is 0 Å². The standard InChI is InChI=1S/C36H46Cl2N2O8/c1-6-34(4)18-26(47-32(44)39-30(42)24-14-17-40(19-24)33(45)46-20-23-10-8-7-9-11-23)35(5)21(2)12-15-36(16-13-25(41)27(35)36)22(3)28(34)48-31(43)29(37)38/h6-11,21-22,24,26-29H,1,12-20H2,2-5H3,(H,39,42,44)/t21?,22?,24?,26?,27?,28-,34+,35?,36?/m1/s1. The molecule has 1 saturated heterocycles. The monoisotopic (exact) mass is 704 g/mol. The van der Waals surface area contributed by atoms with Crippen LogP contribution >= 0.6 is 23.2 Å². The highest BCUT2D eigenvalue weighted by molar-refractivity contribution is 6.52. The van der Waals surface area contributed by atoms with Gasteiger partial charge in [0.25, 0.3) is 0 Å². The highest BCUT2D eigenvalue weighted by Crippen LogP contribution is 2.68. The van der Waals surface area contributed by atoms with E-state index in [0.29, 0.717) is 25.8 Å². The molecule has 5 rings (SSSR count). The van der Waals surface area contributed by atoms with Crippen LogP contribution in [0.15, 0.2) is 43.0 Å². The summed E-state index contributed by atoms with van der Waals surface area (Å²) in [6.07, 6.45) is 1.72. The highest BCUT2D eigenvalue weighted by atomic mass is 35.5. The van der Waals surface area contributed by atoms with Crippen molar-refractivity contribution in [2.24, 2.45) is 39.9 Å². The Labute approximate surface area is 292 Å². The number of benzene rings is 1. The zero-order chi connectivity index (χ0) is 35.0. The summed E-state index contributed by atoms with van der Waals surface area (Å²) < 4.78 is 17.6. The Bertz CT molecular complexity index is 1440. The second-order valence-corrected chi connectivity index (χ2v) is 15.8. The lowest BCUT2D eigenvalue weighted by Gasteiger charge is -2.62. The molecule has 10 nitrogen and oxygen atoms in total. The van der Waals surface area contributed by atoms with Crippen molar-refractivity contribution in [1.82, 2.24) is 10.2 Å². The number of hydrogen-bond donors (Lipinski definition) is 1. The van der Waals surface area contributed by atoms with Gasteiger partial charge in [-0.2, -0.15) is 0 Å². The normalized spacial score (nSPS) is 36.0. The number of imide groups is 1. The van der Waals surface area contributed by atoms with Gasteiger partial charge in [0, 0.05) is 42.2 Å². The van der Waals surface area contributed by atoms with E-state index < -0.39 is 69.2 Å². The van der Waals surface area contributed by atoms with E-state index in [1.807, 2.05) is 51.1 Å². The molecule has 1 aromatic carbocycles. The number of amides is 3. The Morgan fingerprint density at radius 2 is 1.79 bits per heavy atom. The van der Waals surface area contributed by atoms with Crippen LogP contribution in [0.4, 0.5) is 9.59 Å². The molecule has 48 heavy (non-hydrogen) atoms. The Kier molecular flexibility index (Phi) is 10.6. The molecule has 0 radical (unpaired) electrons. The molecular weight excluding hydrogens is 659 g/mol. The van der Waals surface area contributed by atoms with Crippen LogP contribution in [0.1, 0.15) is 71.8 Å². The van der Waals surface area contributed by atoms with Crippen molar-refractivity contribution in [2.45, 2.75) is 89.9 Å². The number of likely N-dealkylation sites (tertiary alicyclic amines) is 1. The lowest BCUT2D eigenvalue weighted by Crippen LogP contribution is -2.64. The summed E-state index contributed by atoms with van der Waals surface area (Å²) in [7, 11) is 0. The smallest absolute Gasteiger partial charge is 0.414 e. The van der Waals surface area contributed by atoms with Gasteiger partial charge in [-0.15, -0.1) is 6.58 Å². The quantitative estimate of drug-likeness (QED) is 0.145. The molecule has 3 amide bonds. The maximum absolute atomic E-state index is 13.8. The number of hydrogen-bond acceptors (Lipinski definition) is 8. The molecule has 9 atom stereocenters. The summed E-state index contributed by atoms with van der Waals surface area (Å²) in [6.45, 7) is 12.6. The van der Waals surface area contributed by atoms with E-state index in [1.54, 1.807) is 6.08 Å². The van der Waals surface area contributed by atoms with Crippen molar-refractivity contribution >= 4 is 53.0 Å². The maximum Gasteiger partial charge on any atom is 0.414 e. The fourth-order valence-corrected chi connectivity index (χ4v) is 9.31. The van der Waals surface area contributed by atoms with Crippen LogP contribution in [-0.4, -0.2) is 64.9 Å². The minimum atomic E-state index is -1.40. The number of esters is 1. The number of nitrogens with one attached hydrogen (secondary N) is 1. The second-order valence-electron chi connectivity index (χ2n) is 14.7. The molecule has 12 heteroatoms. The summed E-state index contributed by atoms with van der Waals surface area (Å²) >= 11 is 11.8. The molecule has 0 spiro atoms. The molecule has 4 fully saturated rings. The fourth-order valence-electron chi connectivity index (χ4n) is 9.20. The Morgan fingerprint density at radius 1 is 1.08 bits per heavy atom. The number of carbonyl (C=O) groups excluding carboxylic acids is 5. The number of ketones is 1. The summed E-state index contributed by atoms with van der Waals surface area (Å²) in [5, 5.41) is 2.40. The third-order valence-electron chi connectivity index (χ3n) is 12.2. The van der Waals surface area contributed by atoms with Gasteiger partial charge in [0.2, 0.25) is 10.7 Å². The van der Waals surface area contributed by atoms with Crippen molar-refractivity contribution in [3.05, 3.63) is 48.6 Å². The first-order chi connectivity index (χ1) is 22.7. The Balaban J connectivity index is 1.34. The van der Waals surface area contributed by atoms with Crippen LogP contribution in [0, 0.1) is 39.9 Å². The van der Waals surface area contributed by atoms with Crippen molar-refractivity contribution < 1.29 is 38.2 Å². The van der Waals surface area contributed by atoms with E-state index in [2.05, 4.69) is 18.8 Å². The van der Waals surface area contributed by atoms with Gasteiger partial charge in [-0.05, 0) is 49.0 Å². The van der Waals surface area contributed by atoms with Crippen LogP contribution in [-0.2, 0) is 35.2 Å². The molecule has 4 aliphatic rings. The van der Waals surface area contributed by atoms with E-state index >= 15 is 0 Å². The van der Waals surface area contributed by atoms with E-state index in [4.69, 9.17) is 37.4 Å². The first-order valence-corrected chi connectivity index (χ1v) is 17.7. The number of halogens is 2. The third-order valence-corrected chi connectivity index (χ3v) is 12.5. The Hall–Kier alpha value is -3.11. The number of alkyl halides is 2. The third kappa shape index (κ3) is 6.59. The first kappa shape index (κ1) is 36.2. The van der Waals surface area contributed by atoms with E-state index in [0.717, 1.165) is 18.4 Å². The van der Waals surface area contributed by atoms with E-state index in [1.165, 1.54) is 4.90 Å². The summed E-state index contributed by atoms with van der Waals surface area (Å²) in [6, 6.07) is 9.29. The van der Waals surface area contributed by atoms with Gasteiger partial charge in [-0.3, -0.25) is 14.9 Å². The van der Waals surface area contributed by atoms with E-state index in [9.17, 15) is 24.0 Å². The summed E-state index contributed by atoms with van der Waals surface area (Å²) in [5.41, 5.74) is -1.34. The van der Waals surface area contributed by atoms with Gasteiger partial charge in [-0.1, -0.05) is 87.3 Å². The molecule has 2 bridgehead atoms. The van der Waals surface area contributed by atoms with Gasteiger partial charge in [0.05, 0.1) is 5.92 Å². The maximum atomic E-state index is 13.8. The highest BCUT2D eigenvalue weighted by Gasteiger charge is 2.69. The molecule has 7 unspecified atom stereocenters. The minimum Gasteiger partial charge on any atom is -0.459 e. The van der Waals surface area contributed by atoms with Gasteiger partial charge in [0.1, 0.15) is 24.6 Å². The van der Waals surface area contributed by atoms with Crippen molar-refractivity contribution in [3.8, 4) is 0 Å². The lowest BCUT2D eigenvalue weighted by atomic mass is 9.44. The van der Waals surface area contributed by atoms with Crippen LogP contribution in [0.25, 0.3) is 0 Å². The fraction of sp³-hybridized carbons (Fsp3) is 0.639. The van der Waals surface area contributed by atoms with Gasteiger partial charge >= 0.3 is 18.2 Å². The largest absolute Gasteiger partial charge is 0.459 e. The van der Waals surface area contributed by atoms with Crippen molar-refractivity contribution in [2.75, 3.05) is 13.1 Å². The zero-order valence-corrected chi connectivity index (χ0v) is 29.6. The molecule has 0 aromatic heterocycles. The number of nitrogens with zero attached hydrogens (tertiary/aromatic N) is 1. The van der Waals surface area contributed by atoms with Gasteiger partial charge in [0.15, 0.2) is 0 Å². The lowest BCUT2D eigenvalue weighted by molar-refractivity contribution is -0.202. The predicted molar refractivity (Wildman–Crippen MR) is 179 cm³/mol. The van der Waals surface area contributed by atoms with Crippen molar-refractivity contribution in [1.29, 1.82) is 0 Å². The van der Waals surface area contributed by atoms with Crippen LogP contribution in [0.5, 0.6) is 0 Å². The topological polar surface area (TPSA) is 128 Å². The molecule has 1 N–H and O–H groups in total. The molecular formula is C36H46Cl2N2O8. The summed E-state index contributed by atoms with van der Waals surface area (Å²) in [4.78, 5) is 66.2. The average Bonchev–Trinajstić information content (AvgIpc) is 3.70. The predicted octanol–water partition coefficient (Wildman–Crippen LogP) is 6.62. The Morgan fingerprint density at radius 3 is 2.46 bits per heavy atom. The van der Waals surface area contributed by atoms with Crippen molar-refractivity contribution in [3.63, 3.8) is 0 Å².